The van der Waals surface area contributed by atoms with Crippen molar-refractivity contribution in [3.05, 3.63) is 59.2 Å². The molecule has 2 aromatic rings. The smallest absolute Gasteiger partial charge is 0.342 e. The van der Waals surface area contributed by atoms with Gasteiger partial charge in [0.25, 0.3) is 5.91 Å². The van der Waals surface area contributed by atoms with E-state index in [9.17, 15) is 9.59 Å². The Labute approximate surface area is 140 Å². The maximum Gasteiger partial charge on any atom is 0.342 e. The molecule has 0 saturated carbocycles. The van der Waals surface area contributed by atoms with Crippen LogP contribution in [0.25, 0.3) is 0 Å². The average molecular weight is 329 g/mol. The van der Waals surface area contributed by atoms with E-state index in [1.807, 2.05) is 25.1 Å². The van der Waals surface area contributed by atoms with E-state index in [0.29, 0.717) is 5.75 Å². The molecule has 24 heavy (non-hydrogen) atoms. The zero-order valence-corrected chi connectivity index (χ0v) is 13.6. The zero-order chi connectivity index (χ0) is 17.5. The van der Waals surface area contributed by atoms with Crippen LogP contribution in [0.2, 0.25) is 0 Å². The van der Waals surface area contributed by atoms with Crippen LogP contribution < -0.4 is 15.2 Å². The van der Waals surface area contributed by atoms with E-state index < -0.39 is 11.9 Å². The third-order valence-electron chi connectivity index (χ3n) is 3.27. The van der Waals surface area contributed by atoms with Gasteiger partial charge in [0.15, 0.2) is 6.61 Å². The van der Waals surface area contributed by atoms with Crippen molar-refractivity contribution in [2.75, 3.05) is 13.7 Å². The molecule has 0 aliphatic carbocycles. The van der Waals surface area contributed by atoms with Crippen LogP contribution in [0.3, 0.4) is 0 Å². The Bertz CT molecular complexity index is 742. The average Bonchev–Trinajstić information content (AvgIpc) is 2.58. The van der Waals surface area contributed by atoms with Crippen molar-refractivity contribution in [3.63, 3.8) is 0 Å². The van der Waals surface area contributed by atoms with Crippen molar-refractivity contribution in [2.45, 2.75) is 13.5 Å². The van der Waals surface area contributed by atoms with E-state index in [1.54, 1.807) is 31.4 Å². The minimum absolute atomic E-state index is 0.0633. The van der Waals surface area contributed by atoms with Crippen LogP contribution in [0.4, 0.5) is 0 Å². The number of carbonyl (C=O) groups excluding carboxylic acids is 2. The van der Waals surface area contributed by atoms with Crippen molar-refractivity contribution in [1.29, 1.82) is 0 Å². The number of benzene rings is 2. The zero-order valence-electron chi connectivity index (χ0n) is 13.6. The van der Waals surface area contributed by atoms with Crippen LogP contribution in [0.1, 0.15) is 21.5 Å². The Morgan fingerprint density at radius 3 is 2.54 bits per heavy atom. The van der Waals surface area contributed by atoms with Crippen LogP contribution >= 0.6 is 0 Å². The Hall–Kier alpha value is -3.02. The number of rotatable bonds is 7. The second-order valence-electron chi connectivity index (χ2n) is 5.14. The molecule has 0 saturated heterocycles. The van der Waals surface area contributed by atoms with Gasteiger partial charge in [-0.3, -0.25) is 4.79 Å². The number of carbonyl (C=O) groups is 2. The molecule has 0 atom stereocenters. The maximum atomic E-state index is 12.3. The Morgan fingerprint density at radius 2 is 1.83 bits per heavy atom. The normalized spacial score (nSPS) is 10.1. The van der Waals surface area contributed by atoms with Gasteiger partial charge < -0.3 is 19.9 Å². The van der Waals surface area contributed by atoms with Gasteiger partial charge in [0.05, 0.1) is 7.11 Å². The van der Waals surface area contributed by atoms with E-state index in [2.05, 4.69) is 0 Å². The molecule has 2 aromatic carbocycles. The lowest BCUT2D eigenvalue weighted by atomic mass is 10.1. The monoisotopic (exact) mass is 329 g/mol. The van der Waals surface area contributed by atoms with Crippen molar-refractivity contribution < 1.29 is 23.8 Å². The fourth-order valence-electron chi connectivity index (χ4n) is 2.15. The fourth-order valence-corrected chi connectivity index (χ4v) is 2.15. The molecule has 0 spiro atoms. The Morgan fingerprint density at radius 1 is 1.08 bits per heavy atom. The summed E-state index contributed by atoms with van der Waals surface area (Å²) in [6, 6.07) is 12.1. The number of hydrogen-bond donors (Lipinski definition) is 1. The first kappa shape index (κ1) is 17.3. The summed E-state index contributed by atoms with van der Waals surface area (Å²) in [6.07, 6.45) is 0. The molecule has 2 rings (SSSR count). The lowest BCUT2D eigenvalue weighted by Crippen LogP contribution is -2.21. The number of aryl methyl sites for hydroxylation is 1. The Balaban J connectivity index is 2.10. The molecule has 0 aliphatic heterocycles. The predicted molar refractivity (Wildman–Crippen MR) is 88.0 cm³/mol. The fraction of sp³-hybridized carbons (Fsp3) is 0.222. The molecule has 0 radical (unpaired) electrons. The first-order valence-corrected chi connectivity index (χ1v) is 7.32. The third-order valence-corrected chi connectivity index (χ3v) is 3.27. The van der Waals surface area contributed by atoms with Crippen LogP contribution in [0.15, 0.2) is 42.5 Å². The van der Waals surface area contributed by atoms with Crippen LogP contribution in [0, 0.1) is 6.92 Å². The predicted octanol–water partition coefficient (Wildman–Crippen LogP) is 2.22. The van der Waals surface area contributed by atoms with Crippen LogP contribution in [-0.2, 0) is 16.1 Å². The molecule has 126 valence electrons. The number of methoxy groups -OCH3 is 1. The van der Waals surface area contributed by atoms with E-state index >= 15 is 0 Å². The molecule has 0 fully saturated rings. The number of para-hydroxylation sites is 1. The number of nitrogens with two attached hydrogens (primary N) is 1. The van der Waals surface area contributed by atoms with E-state index in [0.717, 1.165) is 11.1 Å². The van der Waals surface area contributed by atoms with Gasteiger partial charge in [-0.15, -0.1) is 0 Å². The van der Waals surface area contributed by atoms with Gasteiger partial charge in [-0.1, -0.05) is 23.8 Å². The maximum absolute atomic E-state index is 12.3. The van der Waals surface area contributed by atoms with Gasteiger partial charge >= 0.3 is 5.97 Å². The summed E-state index contributed by atoms with van der Waals surface area (Å²) in [6.45, 7) is 1.70. The van der Waals surface area contributed by atoms with E-state index in [-0.39, 0.29) is 24.5 Å². The first-order valence-electron chi connectivity index (χ1n) is 7.32. The summed E-state index contributed by atoms with van der Waals surface area (Å²) in [5.41, 5.74) is 7.08. The van der Waals surface area contributed by atoms with Gasteiger partial charge in [0.1, 0.15) is 23.7 Å². The summed E-state index contributed by atoms with van der Waals surface area (Å²) in [4.78, 5) is 23.1. The van der Waals surface area contributed by atoms with Crippen molar-refractivity contribution in [3.8, 4) is 11.5 Å². The van der Waals surface area contributed by atoms with Gasteiger partial charge in [-0.25, -0.2) is 4.79 Å². The van der Waals surface area contributed by atoms with Gasteiger partial charge in [-0.05, 0) is 31.2 Å². The number of ether oxygens (including phenoxy) is 3. The topological polar surface area (TPSA) is 87.8 Å². The highest BCUT2D eigenvalue weighted by molar-refractivity contribution is 5.92. The van der Waals surface area contributed by atoms with E-state index in [4.69, 9.17) is 19.9 Å². The van der Waals surface area contributed by atoms with Gasteiger partial charge in [-0.2, -0.15) is 0 Å². The standard InChI is InChI=1S/C18H19NO5/c1-12-7-8-15(22-2)13(9-12)10-24-18(21)14-5-3-4-6-16(14)23-11-17(19)20/h3-9H,10-11H2,1-2H3,(H2,19,20). The highest BCUT2D eigenvalue weighted by atomic mass is 16.5. The molecular formula is C18H19NO5. The van der Waals surface area contributed by atoms with Crippen LogP contribution in [-0.4, -0.2) is 25.6 Å². The Kier molecular flexibility index (Phi) is 5.78. The molecule has 6 nitrogen and oxygen atoms in total. The summed E-state index contributed by atoms with van der Waals surface area (Å²) < 4.78 is 15.8. The number of esters is 1. The molecule has 0 aromatic heterocycles. The molecule has 0 aliphatic rings. The van der Waals surface area contributed by atoms with E-state index in [1.165, 1.54) is 0 Å². The molecule has 2 N–H and O–H groups in total. The highest BCUT2D eigenvalue weighted by Crippen LogP contribution is 2.23. The quantitative estimate of drug-likeness (QED) is 0.787. The SMILES string of the molecule is COc1ccc(C)cc1COC(=O)c1ccccc1OCC(N)=O. The van der Waals surface area contributed by atoms with Crippen molar-refractivity contribution in [2.24, 2.45) is 5.73 Å². The molecule has 0 bridgehead atoms. The summed E-state index contributed by atoms with van der Waals surface area (Å²) in [7, 11) is 1.56. The minimum atomic E-state index is -0.623. The molecule has 0 unspecified atom stereocenters. The summed E-state index contributed by atoms with van der Waals surface area (Å²) in [5.74, 6) is -0.287. The lowest BCUT2D eigenvalue weighted by molar-refractivity contribution is -0.119. The largest absolute Gasteiger partial charge is 0.496 e. The summed E-state index contributed by atoms with van der Waals surface area (Å²) in [5, 5.41) is 0. The molecular weight excluding hydrogens is 310 g/mol. The molecule has 0 heterocycles. The third kappa shape index (κ3) is 4.49. The van der Waals surface area contributed by atoms with Gasteiger partial charge in [0.2, 0.25) is 0 Å². The first-order chi connectivity index (χ1) is 11.5. The lowest BCUT2D eigenvalue weighted by Gasteiger charge is -2.12. The van der Waals surface area contributed by atoms with Crippen molar-refractivity contribution in [1.82, 2.24) is 0 Å². The second kappa shape index (κ2) is 8.01. The number of amides is 1. The highest BCUT2D eigenvalue weighted by Gasteiger charge is 2.15. The number of hydrogen-bond acceptors (Lipinski definition) is 5. The molecule has 1 amide bonds. The second-order valence-corrected chi connectivity index (χ2v) is 5.14. The molecule has 6 heteroatoms. The minimum Gasteiger partial charge on any atom is -0.496 e. The number of primary amides is 1. The van der Waals surface area contributed by atoms with Crippen molar-refractivity contribution >= 4 is 11.9 Å². The van der Waals surface area contributed by atoms with Gasteiger partial charge in [0, 0.05) is 5.56 Å². The van der Waals surface area contributed by atoms with Crippen LogP contribution in [0.5, 0.6) is 11.5 Å². The summed E-state index contributed by atoms with van der Waals surface area (Å²) >= 11 is 0.